The highest BCUT2D eigenvalue weighted by Crippen LogP contribution is 2.28. The van der Waals surface area contributed by atoms with E-state index in [0.717, 1.165) is 25.2 Å². The quantitative estimate of drug-likeness (QED) is 0.859. The Morgan fingerprint density at radius 2 is 2.30 bits per heavy atom. The third-order valence-corrected chi connectivity index (χ3v) is 3.78. The van der Waals surface area contributed by atoms with E-state index in [2.05, 4.69) is 41.1 Å². The second-order valence-electron chi connectivity index (χ2n) is 5.20. The van der Waals surface area contributed by atoms with Gasteiger partial charge in [-0.25, -0.2) is 0 Å². The molecule has 2 aromatic rings. The minimum atomic E-state index is 0.141. The van der Waals surface area contributed by atoms with Gasteiger partial charge in [0.25, 0.3) is 0 Å². The van der Waals surface area contributed by atoms with Crippen LogP contribution in [0.4, 0.5) is 5.69 Å². The van der Waals surface area contributed by atoms with Crippen LogP contribution in [-0.4, -0.2) is 44.5 Å². The molecule has 1 saturated heterocycles. The van der Waals surface area contributed by atoms with Crippen molar-refractivity contribution in [1.29, 1.82) is 0 Å². The van der Waals surface area contributed by atoms with Crippen LogP contribution in [0.3, 0.4) is 0 Å². The van der Waals surface area contributed by atoms with E-state index in [1.165, 1.54) is 16.6 Å². The predicted molar refractivity (Wildman–Crippen MR) is 80.3 cm³/mol. The number of fused-ring (bicyclic) bond motifs is 1. The smallest absolute Gasteiger partial charge is 0.0983 e. The number of morpholine rings is 1. The Hall–Kier alpha value is -1.65. The van der Waals surface area contributed by atoms with Crippen molar-refractivity contribution in [2.45, 2.75) is 13.0 Å². The molecule has 4 heteroatoms. The maximum atomic E-state index is 5.72. The summed E-state index contributed by atoms with van der Waals surface area (Å²) >= 11 is 0. The molecule has 3 rings (SSSR count). The Balaban J connectivity index is 1.95. The van der Waals surface area contributed by atoms with Gasteiger partial charge in [-0.05, 0) is 18.6 Å². The summed E-state index contributed by atoms with van der Waals surface area (Å²) in [7, 11) is 1.72. The van der Waals surface area contributed by atoms with Gasteiger partial charge in [-0.3, -0.25) is 4.98 Å². The molecule has 1 aliphatic heterocycles. The van der Waals surface area contributed by atoms with E-state index < -0.39 is 0 Å². The lowest BCUT2D eigenvalue weighted by Gasteiger charge is -2.34. The third kappa shape index (κ3) is 2.49. The van der Waals surface area contributed by atoms with Gasteiger partial charge in [0, 0.05) is 37.5 Å². The number of rotatable bonds is 3. The highest BCUT2D eigenvalue weighted by atomic mass is 16.5. The Morgan fingerprint density at radius 3 is 3.15 bits per heavy atom. The molecule has 2 heterocycles. The molecule has 0 radical (unpaired) electrons. The molecule has 1 atom stereocenters. The Labute approximate surface area is 119 Å². The minimum absolute atomic E-state index is 0.141. The number of nitrogens with zero attached hydrogens (tertiary/aromatic N) is 2. The first-order chi connectivity index (χ1) is 9.79. The molecule has 0 bridgehead atoms. The summed E-state index contributed by atoms with van der Waals surface area (Å²) in [6.45, 7) is 5.25. The first kappa shape index (κ1) is 13.3. The number of aryl methyl sites for hydroxylation is 1. The van der Waals surface area contributed by atoms with Crippen molar-refractivity contribution >= 4 is 16.6 Å². The standard InChI is InChI=1S/C16H20N2O2/c1-12-4-3-5-14-15(6-7-17-16(12)14)18-8-9-20-13(10-18)11-19-2/h3-7,13H,8-11H2,1-2H3. The van der Waals surface area contributed by atoms with E-state index in [4.69, 9.17) is 9.47 Å². The van der Waals surface area contributed by atoms with Crippen molar-refractivity contribution in [3.63, 3.8) is 0 Å². The van der Waals surface area contributed by atoms with Crippen molar-refractivity contribution in [3.8, 4) is 0 Å². The van der Waals surface area contributed by atoms with Crippen LogP contribution in [0.1, 0.15) is 5.56 Å². The van der Waals surface area contributed by atoms with Crippen LogP contribution in [0.25, 0.3) is 10.9 Å². The fraction of sp³-hybridized carbons (Fsp3) is 0.438. The molecule has 0 aliphatic carbocycles. The summed E-state index contributed by atoms with van der Waals surface area (Å²) < 4.78 is 10.9. The third-order valence-electron chi connectivity index (χ3n) is 3.78. The van der Waals surface area contributed by atoms with Gasteiger partial charge < -0.3 is 14.4 Å². The van der Waals surface area contributed by atoms with Crippen LogP contribution in [0.2, 0.25) is 0 Å². The average molecular weight is 272 g/mol. The highest BCUT2D eigenvalue weighted by molar-refractivity contribution is 5.93. The van der Waals surface area contributed by atoms with E-state index in [1.807, 2.05) is 6.20 Å². The fourth-order valence-electron chi connectivity index (χ4n) is 2.81. The lowest BCUT2D eigenvalue weighted by atomic mass is 10.1. The first-order valence-electron chi connectivity index (χ1n) is 6.99. The van der Waals surface area contributed by atoms with Crippen molar-refractivity contribution in [3.05, 3.63) is 36.0 Å². The Bertz CT molecular complexity index is 598. The van der Waals surface area contributed by atoms with E-state index in [9.17, 15) is 0 Å². The average Bonchev–Trinajstić information content (AvgIpc) is 2.48. The zero-order valence-corrected chi connectivity index (χ0v) is 12.0. The topological polar surface area (TPSA) is 34.6 Å². The number of para-hydroxylation sites is 1. The number of hydrogen-bond acceptors (Lipinski definition) is 4. The van der Waals surface area contributed by atoms with Crippen molar-refractivity contribution in [1.82, 2.24) is 4.98 Å². The summed E-state index contributed by atoms with van der Waals surface area (Å²) in [6.07, 6.45) is 2.03. The summed E-state index contributed by atoms with van der Waals surface area (Å²) in [5.41, 5.74) is 3.54. The molecular formula is C16H20N2O2. The number of anilines is 1. The summed E-state index contributed by atoms with van der Waals surface area (Å²) in [6, 6.07) is 8.44. The summed E-state index contributed by atoms with van der Waals surface area (Å²) in [5, 5.41) is 1.21. The second kappa shape index (κ2) is 5.77. The van der Waals surface area contributed by atoms with Gasteiger partial charge in [-0.2, -0.15) is 0 Å². The number of benzene rings is 1. The molecule has 1 aliphatic rings. The molecule has 1 fully saturated rings. The second-order valence-corrected chi connectivity index (χ2v) is 5.20. The molecular weight excluding hydrogens is 252 g/mol. The van der Waals surface area contributed by atoms with Crippen molar-refractivity contribution in [2.24, 2.45) is 0 Å². The molecule has 106 valence electrons. The lowest BCUT2D eigenvalue weighted by molar-refractivity contribution is -0.00995. The van der Waals surface area contributed by atoms with E-state index >= 15 is 0 Å². The van der Waals surface area contributed by atoms with Gasteiger partial charge >= 0.3 is 0 Å². The summed E-state index contributed by atoms with van der Waals surface area (Å²) in [4.78, 5) is 6.88. The fourth-order valence-corrected chi connectivity index (χ4v) is 2.81. The molecule has 20 heavy (non-hydrogen) atoms. The maximum Gasteiger partial charge on any atom is 0.0983 e. The lowest BCUT2D eigenvalue weighted by Crippen LogP contribution is -2.44. The van der Waals surface area contributed by atoms with Crippen LogP contribution in [0, 0.1) is 6.92 Å². The molecule has 1 unspecified atom stereocenters. The van der Waals surface area contributed by atoms with Gasteiger partial charge in [0.05, 0.1) is 24.8 Å². The van der Waals surface area contributed by atoms with Crippen molar-refractivity contribution < 1.29 is 9.47 Å². The van der Waals surface area contributed by atoms with Crippen LogP contribution >= 0.6 is 0 Å². The number of hydrogen-bond donors (Lipinski definition) is 0. The molecule has 1 aromatic heterocycles. The van der Waals surface area contributed by atoms with Crippen LogP contribution in [0.15, 0.2) is 30.5 Å². The van der Waals surface area contributed by atoms with Gasteiger partial charge in [0.2, 0.25) is 0 Å². The number of ether oxygens (including phenoxy) is 2. The minimum Gasteiger partial charge on any atom is -0.382 e. The molecule has 0 amide bonds. The molecule has 1 aromatic carbocycles. The van der Waals surface area contributed by atoms with Gasteiger partial charge in [-0.15, -0.1) is 0 Å². The number of aromatic nitrogens is 1. The Morgan fingerprint density at radius 1 is 1.40 bits per heavy atom. The first-order valence-corrected chi connectivity index (χ1v) is 6.99. The van der Waals surface area contributed by atoms with E-state index in [-0.39, 0.29) is 6.10 Å². The SMILES string of the molecule is COCC1CN(c2ccnc3c(C)cccc23)CCO1. The van der Waals surface area contributed by atoms with E-state index in [1.54, 1.807) is 7.11 Å². The number of pyridine rings is 1. The molecule has 0 saturated carbocycles. The van der Waals surface area contributed by atoms with Crippen LogP contribution in [-0.2, 0) is 9.47 Å². The van der Waals surface area contributed by atoms with Crippen LogP contribution < -0.4 is 4.90 Å². The number of methoxy groups -OCH3 is 1. The normalized spacial score (nSPS) is 19.5. The Kier molecular flexibility index (Phi) is 3.85. The summed E-state index contributed by atoms with van der Waals surface area (Å²) in [5.74, 6) is 0. The molecule has 0 N–H and O–H groups in total. The zero-order valence-electron chi connectivity index (χ0n) is 12.0. The monoisotopic (exact) mass is 272 g/mol. The van der Waals surface area contributed by atoms with Gasteiger partial charge in [-0.1, -0.05) is 18.2 Å². The van der Waals surface area contributed by atoms with E-state index in [0.29, 0.717) is 6.61 Å². The van der Waals surface area contributed by atoms with Gasteiger partial charge in [0.1, 0.15) is 0 Å². The van der Waals surface area contributed by atoms with Gasteiger partial charge in [0.15, 0.2) is 0 Å². The zero-order chi connectivity index (χ0) is 13.9. The highest BCUT2D eigenvalue weighted by Gasteiger charge is 2.22. The van der Waals surface area contributed by atoms with Crippen LogP contribution in [0.5, 0.6) is 0 Å². The van der Waals surface area contributed by atoms with Crippen molar-refractivity contribution in [2.75, 3.05) is 38.3 Å². The largest absolute Gasteiger partial charge is 0.382 e. The maximum absolute atomic E-state index is 5.72. The molecule has 4 nitrogen and oxygen atoms in total. The predicted octanol–water partition coefficient (Wildman–Crippen LogP) is 2.39. The molecule has 0 spiro atoms.